The zero-order valence-electron chi connectivity index (χ0n) is 11.1. The number of hydrogen-bond donors (Lipinski definition) is 0. The molecule has 0 bridgehead atoms. The van der Waals surface area contributed by atoms with Gasteiger partial charge in [0.15, 0.2) is 0 Å². The summed E-state index contributed by atoms with van der Waals surface area (Å²) >= 11 is 0. The average Bonchev–Trinajstić information content (AvgIpc) is 2.82. The zero-order valence-corrected chi connectivity index (χ0v) is 11.1. The van der Waals surface area contributed by atoms with Crippen molar-refractivity contribution in [3.8, 4) is 6.07 Å². The van der Waals surface area contributed by atoms with Crippen molar-refractivity contribution in [3.63, 3.8) is 0 Å². The van der Waals surface area contributed by atoms with Gasteiger partial charge in [-0.3, -0.25) is 0 Å². The van der Waals surface area contributed by atoms with Gasteiger partial charge in [0, 0.05) is 20.8 Å². The van der Waals surface area contributed by atoms with E-state index in [1.807, 2.05) is 11.0 Å². The van der Waals surface area contributed by atoms with Crippen LogP contribution < -0.4 is 4.90 Å². The van der Waals surface area contributed by atoms with Gasteiger partial charge in [-0.15, -0.1) is 0 Å². The van der Waals surface area contributed by atoms with Gasteiger partial charge in [-0.25, -0.2) is 4.39 Å². The van der Waals surface area contributed by atoms with Gasteiger partial charge in [0.05, 0.1) is 36.1 Å². The van der Waals surface area contributed by atoms with Crippen molar-refractivity contribution in [2.24, 2.45) is 0 Å². The van der Waals surface area contributed by atoms with Crippen LogP contribution in [0.15, 0.2) is 18.2 Å². The normalized spacial score (nSPS) is 22.5. The second kappa shape index (κ2) is 6.00. The highest BCUT2D eigenvalue weighted by Crippen LogP contribution is 2.29. The Morgan fingerprint density at radius 1 is 1.47 bits per heavy atom. The average molecular weight is 264 g/mol. The Bertz CT molecular complexity index is 487. The molecule has 0 radical (unpaired) electrons. The zero-order chi connectivity index (χ0) is 13.8. The van der Waals surface area contributed by atoms with Crippen LogP contribution in [0.3, 0.4) is 0 Å². The van der Waals surface area contributed by atoms with Gasteiger partial charge >= 0.3 is 0 Å². The van der Waals surface area contributed by atoms with Gasteiger partial charge in [0.25, 0.3) is 0 Å². The molecule has 4 nitrogen and oxygen atoms in total. The Morgan fingerprint density at radius 3 is 2.84 bits per heavy atom. The lowest BCUT2D eigenvalue weighted by Gasteiger charge is -2.26. The summed E-state index contributed by atoms with van der Waals surface area (Å²) in [6.45, 7) is 1.16. The standard InChI is InChI=1S/C14H17FN2O2/c1-18-9-11-6-12(19-2)8-17(11)14-4-3-10(7-16)5-13(14)15/h3-5,11-12H,6,8-9H2,1-2H3/t11-,12+/m0/s1. The maximum atomic E-state index is 14.1. The first kappa shape index (κ1) is 13.8. The van der Waals surface area contributed by atoms with Gasteiger partial charge in [0.2, 0.25) is 0 Å². The van der Waals surface area contributed by atoms with Crippen molar-refractivity contribution >= 4 is 5.69 Å². The van der Waals surface area contributed by atoms with Crippen LogP contribution in [0.5, 0.6) is 0 Å². The summed E-state index contributed by atoms with van der Waals surface area (Å²) in [6.07, 6.45) is 0.888. The summed E-state index contributed by atoms with van der Waals surface area (Å²) in [6, 6.07) is 6.57. The lowest BCUT2D eigenvalue weighted by atomic mass is 10.1. The predicted octanol–water partition coefficient (Wildman–Crippen LogP) is 1.94. The molecule has 0 amide bonds. The van der Waals surface area contributed by atoms with Crippen molar-refractivity contribution in [1.82, 2.24) is 0 Å². The summed E-state index contributed by atoms with van der Waals surface area (Å²) in [5.74, 6) is -0.378. The number of halogens is 1. The molecule has 0 aliphatic carbocycles. The smallest absolute Gasteiger partial charge is 0.147 e. The molecule has 2 atom stereocenters. The summed E-state index contributed by atoms with van der Waals surface area (Å²) in [5.41, 5.74) is 0.827. The molecular formula is C14H17FN2O2. The fourth-order valence-corrected chi connectivity index (χ4v) is 2.50. The number of hydrogen-bond acceptors (Lipinski definition) is 4. The number of benzene rings is 1. The first-order chi connectivity index (χ1) is 9.19. The Labute approximate surface area is 112 Å². The topological polar surface area (TPSA) is 45.5 Å². The highest BCUT2D eigenvalue weighted by atomic mass is 19.1. The van der Waals surface area contributed by atoms with E-state index in [9.17, 15) is 4.39 Å². The van der Waals surface area contributed by atoms with E-state index in [2.05, 4.69) is 0 Å². The number of anilines is 1. The minimum Gasteiger partial charge on any atom is -0.383 e. The second-order valence-corrected chi connectivity index (χ2v) is 4.63. The summed E-state index contributed by atoms with van der Waals surface area (Å²) in [7, 11) is 3.29. The number of nitriles is 1. The van der Waals surface area contributed by atoms with Gasteiger partial charge < -0.3 is 14.4 Å². The molecule has 1 heterocycles. The Kier molecular flexibility index (Phi) is 4.35. The van der Waals surface area contributed by atoms with Gasteiger partial charge in [-0.05, 0) is 24.6 Å². The molecule has 1 aliphatic heterocycles. The summed E-state index contributed by atoms with van der Waals surface area (Å²) in [5, 5.41) is 8.76. The molecule has 19 heavy (non-hydrogen) atoms. The summed E-state index contributed by atoms with van der Waals surface area (Å²) < 4.78 is 24.6. The minimum atomic E-state index is -0.378. The lowest BCUT2D eigenvalue weighted by molar-refractivity contribution is 0.111. The van der Waals surface area contributed by atoms with Crippen LogP contribution in [0.1, 0.15) is 12.0 Å². The van der Waals surface area contributed by atoms with Crippen molar-refractivity contribution in [2.75, 3.05) is 32.3 Å². The van der Waals surface area contributed by atoms with E-state index in [0.29, 0.717) is 24.4 Å². The third-order valence-electron chi connectivity index (χ3n) is 3.45. The third kappa shape index (κ3) is 2.86. The first-order valence-electron chi connectivity index (χ1n) is 6.17. The van der Waals surface area contributed by atoms with Crippen LogP contribution >= 0.6 is 0 Å². The molecule has 2 rings (SSSR count). The van der Waals surface area contributed by atoms with E-state index in [1.165, 1.54) is 6.07 Å². The van der Waals surface area contributed by atoms with Crippen molar-refractivity contribution < 1.29 is 13.9 Å². The predicted molar refractivity (Wildman–Crippen MR) is 69.5 cm³/mol. The van der Waals surface area contributed by atoms with Crippen LogP contribution in [0.2, 0.25) is 0 Å². The minimum absolute atomic E-state index is 0.0789. The number of nitrogens with zero attached hydrogens (tertiary/aromatic N) is 2. The molecular weight excluding hydrogens is 247 g/mol. The largest absolute Gasteiger partial charge is 0.383 e. The van der Waals surface area contributed by atoms with E-state index in [1.54, 1.807) is 26.4 Å². The van der Waals surface area contributed by atoms with Gasteiger partial charge in [-0.2, -0.15) is 5.26 Å². The molecule has 0 spiro atoms. The van der Waals surface area contributed by atoms with Crippen molar-refractivity contribution in [2.45, 2.75) is 18.6 Å². The second-order valence-electron chi connectivity index (χ2n) is 4.63. The monoisotopic (exact) mass is 264 g/mol. The van der Waals surface area contributed by atoms with Crippen LogP contribution in [0.4, 0.5) is 10.1 Å². The Morgan fingerprint density at radius 2 is 2.26 bits per heavy atom. The molecule has 1 saturated heterocycles. The quantitative estimate of drug-likeness (QED) is 0.833. The maximum Gasteiger partial charge on any atom is 0.147 e. The third-order valence-corrected chi connectivity index (χ3v) is 3.45. The van der Waals surface area contributed by atoms with Crippen LogP contribution in [0.25, 0.3) is 0 Å². The van der Waals surface area contributed by atoms with Crippen molar-refractivity contribution in [1.29, 1.82) is 5.26 Å². The SMILES string of the molecule is COC[C@@H]1C[C@@H](OC)CN1c1ccc(C#N)cc1F. The van der Waals surface area contributed by atoms with Gasteiger partial charge in [-0.1, -0.05) is 0 Å². The van der Waals surface area contributed by atoms with E-state index < -0.39 is 0 Å². The number of ether oxygens (including phenoxy) is 2. The van der Waals surface area contributed by atoms with Crippen molar-refractivity contribution in [3.05, 3.63) is 29.6 Å². The molecule has 1 fully saturated rings. The van der Waals surface area contributed by atoms with E-state index >= 15 is 0 Å². The molecule has 1 aliphatic rings. The summed E-state index contributed by atoms with van der Waals surface area (Å²) in [4.78, 5) is 1.95. The van der Waals surface area contributed by atoms with E-state index in [0.717, 1.165) is 6.42 Å². The molecule has 5 heteroatoms. The van der Waals surface area contributed by atoms with Crippen LogP contribution in [-0.2, 0) is 9.47 Å². The first-order valence-corrected chi connectivity index (χ1v) is 6.17. The number of methoxy groups -OCH3 is 2. The molecule has 102 valence electrons. The highest BCUT2D eigenvalue weighted by Gasteiger charge is 2.33. The fourth-order valence-electron chi connectivity index (χ4n) is 2.50. The Balaban J connectivity index is 2.26. The molecule has 0 aromatic heterocycles. The van der Waals surface area contributed by atoms with E-state index in [4.69, 9.17) is 14.7 Å². The van der Waals surface area contributed by atoms with Gasteiger partial charge in [0.1, 0.15) is 5.82 Å². The Hall–Kier alpha value is -1.64. The van der Waals surface area contributed by atoms with E-state index in [-0.39, 0.29) is 18.0 Å². The lowest BCUT2D eigenvalue weighted by Crippen LogP contribution is -2.33. The number of rotatable bonds is 4. The van der Waals surface area contributed by atoms with Crippen LogP contribution in [0, 0.1) is 17.1 Å². The molecule has 1 aromatic rings. The molecule has 0 saturated carbocycles. The fraction of sp³-hybridized carbons (Fsp3) is 0.500. The highest BCUT2D eigenvalue weighted by molar-refractivity contribution is 5.53. The molecule has 0 unspecified atom stereocenters. The van der Waals surface area contributed by atoms with Crippen LogP contribution in [-0.4, -0.2) is 39.5 Å². The molecule has 1 aromatic carbocycles. The molecule has 0 N–H and O–H groups in total. The maximum absolute atomic E-state index is 14.1.